The molecular weight excluding hydrogens is 929 g/mol. The van der Waals surface area contributed by atoms with Gasteiger partial charge in [0.2, 0.25) is 0 Å². The molecule has 380 valence electrons. The highest BCUT2D eigenvalue weighted by molar-refractivity contribution is 6.15. The van der Waals surface area contributed by atoms with Crippen LogP contribution < -0.4 is 0 Å². The van der Waals surface area contributed by atoms with Crippen LogP contribution in [0.1, 0.15) is 147 Å². The summed E-state index contributed by atoms with van der Waals surface area (Å²) in [5.41, 5.74) is 37.9. The van der Waals surface area contributed by atoms with Gasteiger partial charge in [0.25, 0.3) is 0 Å². The third kappa shape index (κ3) is 7.34. The number of phenols is 2. The molecule has 8 aromatic rings. The zero-order chi connectivity index (χ0) is 52.3. The van der Waals surface area contributed by atoms with Gasteiger partial charge >= 0.3 is 0 Å². The Hall–Kier alpha value is -7.70. The first-order chi connectivity index (χ1) is 37.0. The molecule has 0 spiro atoms. The van der Waals surface area contributed by atoms with E-state index in [4.69, 9.17) is 9.97 Å². The van der Waals surface area contributed by atoms with E-state index in [1.165, 1.54) is 117 Å². The smallest absolute Gasteiger partial charge is 0.119 e. The van der Waals surface area contributed by atoms with E-state index in [-0.39, 0.29) is 11.5 Å². The van der Waals surface area contributed by atoms with Crippen molar-refractivity contribution in [2.75, 3.05) is 0 Å². The molecule has 0 amide bonds. The molecule has 76 heavy (non-hydrogen) atoms. The van der Waals surface area contributed by atoms with Crippen molar-refractivity contribution in [3.63, 3.8) is 0 Å². The van der Waals surface area contributed by atoms with Gasteiger partial charge in [0.1, 0.15) is 11.5 Å². The molecule has 6 heteroatoms. The van der Waals surface area contributed by atoms with Gasteiger partial charge in [-0.05, 0) is 251 Å². The summed E-state index contributed by atoms with van der Waals surface area (Å²) < 4.78 is 0. The number of hydrogen-bond acceptors (Lipinski definition) is 4. The van der Waals surface area contributed by atoms with Crippen molar-refractivity contribution < 1.29 is 10.2 Å². The Balaban J connectivity index is 1.11. The Bertz CT molecular complexity index is 3940. The van der Waals surface area contributed by atoms with Gasteiger partial charge in [0.05, 0.1) is 33.8 Å². The molecule has 0 radical (unpaired) electrons. The maximum Gasteiger partial charge on any atom is 0.119 e. The monoisotopic (exact) mass is 997 g/mol. The van der Waals surface area contributed by atoms with Crippen LogP contribution in [0.2, 0.25) is 0 Å². The molecule has 0 saturated heterocycles. The zero-order valence-corrected chi connectivity index (χ0v) is 45.5. The molecule has 6 nitrogen and oxygen atoms in total. The summed E-state index contributed by atoms with van der Waals surface area (Å²) in [6, 6.07) is 36.1. The Morgan fingerprint density at radius 1 is 0.421 bits per heavy atom. The van der Waals surface area contributed by atoms with Gasteiger partial charge in [0.15, 0.2) is 0 Å². The van der Waals surface area contributed by atoms with Crippen molar-refractivity contribution in [3.8, 4) is 78.3 Å². The number of nitrogens with zero attached hydrogens (tertiary/aromatic N) is 2. The zero-order valence-electron chi connectivity index (χ0n) is 45.5. The minimum Gasteiger partial charge on any atom is -0.508 e. The van der Waals surface area contributed by atoms with E-state index in [0.717, 1.165) is 132 Å². The Labute approximate surface area is 447 Å². The van der Waals surface area contributed by atoms with Crippen molar-refractivity contribution in [1.82, 2.24) is 19.9 Å². The average molecular weight is 997 g/mol. The fourth-order valence-electron chi connectivity index (χ4n) is 14.0. The number of aromatic hydroxyl groups is 2. The second-order valence-electron chi connectivity index (χ2n) is 22.1. The summed E-state index contributed by atoms with van der Waals surface area (Å²) >= 11 is 0. The molecule has 11 aliphatic heterocycles. The van der Waals surface area contributed by atoms with Crippen LogP contribution in [0.4, 0.5) is 0 Å². The van der Waals surface area contributed by atoms with E-state index in [0.29, 0.717) is 6.42 Å². The second kappa shape index (κ2) is 18.5. The van der Waals surface area contributed by atoms with E-state index in [1.54, 1.807) is 12.1 Å². The average Bonchev–Trinajstić information content (AvgIpc) is 4.23. The molecule has 2 aliphatic carbocycles. The number of phenolic OH excluding ortho intramolecular Hbond substituents is 2. The second-order valence-corrected chi connectivity index (χ2v) is 22.1. The van der Waals surface area contributed by atoms with Gasteiger partial charge < -0.3 is 20.2 Å². The minimum absolute atomic E-state index is 0.288. The van der Waals surface area contributed by atoms with E-state index >= 15 is 0 Å². The lowest BCUT2D eigenvalue weighted by atomic mass is 9.75. The molecule has 5 aromatic carbocycles. The number of aryl methyl sites for hydroxylation is 8. The first kappa shape index (κ1) is 48.0. The predicted molar refractivity (Wildman–Crippen MR) is 318 cm³/mol. The van der Waals surface area contributed by atoms with E-state index in [2.05, 4.69) is 150 Å². The van der Waals surface area contributed by atoms with Crippen molar-refractivity contribution in [2.24, 2.45) is 0 Å². The molecule has 0 saturated carbocycles. The van der Waals surface area contributed by atoms with Gasteiger partial charge in [-0.25, -0.2) is 9.97 Å². The molecule has 21 rings (SSSR count). The summed E-state index contributed by atoms with van der Waals surface area (Å²) in [6.45, 7) is 18.3. The van der Waals surface area contributed by atoms with Crippen LogP contribution in [0.3, 0.4) is 0 Å². The number of aromatic amines is 2. The number of H-pyrrole nitrogens is 2. The predicted octanol–water partition coefficient (Wildman–Crippen LogP) is 18.2. The molecule has 20 bridgehead atoms. The highest BCUT2D eigenvalue weighted by Crippen LogP contribution is 2.56. The van der Waals surface area contributed by atoms with Gasteiger partial charge in [-0.2, -0.15) is 0 Å². The van der Waals surface area contributed by atoms with Crippen LogP contribution in [0.15, 0.2) is 97.1 Å². The van der Waals surface area contributed by atoms with Crippen molar-refractivity contribution in [3.05, 3.63) is 164 Å². The van der Waals surface area contributed by atoms with E-state index in [1.807, 2.05) is 0 Å². The molecule has 14 heterocycles. The molecule has 0 atom stereocenters. The fourth-order valence-corrected chi connectivity index (χ4v) is 14.0. The summed E-state index contributed by atoms with van der Waals surface area (Å²) in [5.74, 6) is 0.575. The third-order valence-corrected chi connectivity index (χ3v) is 18.0. The van der Waals surface area contributed by atoms with Crippen molar-refractivity contribution in [2.45, 2.75) is 132 Å². The van der Waals surface area contributed by atoms with Crippen LogP contribution in [-0.4, -0.2) is 30.1 Å². The Morgan fingerprint density at radius 2 is 0.868 bits per heavy atom. The van der Waals surface area contributed by atoms with Gasteiger partial charge in [-0.3, -0.25) is 0 Å². The summed E-state index contributed by atoms with van der Waals surface area (Å²) in [6.07, 6.45) is 10.5. The van der Waals surface area contributed by atoms with Crippen LogP contribution in [-0.2, 0) is 38.5 Å². The maximum atomic E-state index is 11.2. The molecule has 3 aromatic heterocycles. The number of allylic oxidation sites excluding steroid dienone is 4. The quantitative estimate of drug-likeness (QED) is 0.132. The summed E-state index contributed by atoms with van der Waals surface area (Å²) in [5, 5.41) is 22.4. The first-order valence-corrected chi connectivity index (χ1v) is 28.3. The van der Waals surface area contributed by atoms with Crippen LogP contribution >= 0.6 is 0 Å². The fraction of sp³-hybridized carbons (Fsp3) is 0.286. The highest BCUT2D eigenvalue weighted by Gasteiger charge is 2.33. The lowest BCUT2D eigenvalue weighted by molar-refractivity contribution is 0.446. The highest BCUT2D eigenvalue weighted by atomic mass is 16.3. The molecule has 4 N–H and O–H groups in total. The van der Waals surface area contributed by atoms with Crippen LogP contribution in [0.25, 0.3) is 111 Å². The van der Waals surface area contributed by atoms with Gasteiger partial charge in [0, 0.05) is 22.2 Å². The SMILES string of the molecule is CCC1=C(C)c2nc1cc1[nH]c(c(C)c1CC)c1c3[nH]c(cc4nc(c2-c2cccc5c2-c2ccc(cc2-5)CCCCc2cc(O)c(cc2O)CCCCc2ccc5c(c2)-c2c-5cccc2-1)C(C)=C4CC)c(CC)c3C. The number of nitrogens with one attached hydrogen (secondary N) is 2. The number of fused-ring (bicyclic) bond motifs is 1. The summed E-state index contributed by atoms with van der Waals surface area (Å²) in [7, 11) is 0. The lowest BCUT2D eigenvalue weighted by Gasteiger charge is -2.28. The maximum absolute atomic E-state index is 11.2. The Morgan fingerprint density at radius 3 is 1.38 bits per heavy atom. The molecule has 13 aliphatic rings. The largest absolute Gasteiger partial charge is 0.508 e. The Kier molecular flexibility index (Phi) is 11.7. The topological polar surface area (TPSA) is 97.8 Å². The van der Waals surface area contributed by atoms with Crippen molar-refractivity contribution in [1.29, 1.82) is 0 Å². The molecule has 0 unspecified atom stereocenters. The van der Waals surface area contributed by atoms with Crippen LogP contribution in [0.5, 0.6) is 11.5 Å². The van der Waals surface area contributed by atoms with E-state index in [9.17, 15) is 10.2 Å². The first-order valence-electron chi connectivity index (χ1n) is 28.3. The minimum atomic E-state index is 0.288. The number of rotatable bonds is 4. The number of hydrogen-bond donors (Lipinski definition) is 4. The van der Waals surface area contributed by atoms with Gasteiger partial charge in [-0.15, -0.1) is 0 Å². The van der Waals surface area contributed by atoms with E-state index < -0.39 is 0 Å². The van der Waals surface area contributed by atoms with Crippen molar-refractivity contribution >= 4 is 44.4 Å². The van der Waals surface area contributed by atoms with Crippen LogP contribution in [0, 0.1) is 13.8 Å². The normalized spacial score (nSPS) is 14.6. The third-order valence-electron chi connectivity index (χ3n) is 18.0. The lowest BCUT2D eigenvalue weighted by Crippen LogP contribution is -2.04. The molecule has 0 fully saturated rings. The summed E-state index contributed by atoms with van der Waals surface area (Å²) in [4.78, 5) is 19.9. The standard InChI is InChI=1S/C70H68N4O2/c1-9-45-37(5)67-65-53-25-18-24-51-55-31-41(28-30-52(55)63(51)53)19-13-15-21-43-33-62(76)44(34-61(43)75)22-16-14-20-42-27-29-49-50-23-17-26-54(64(50)56(49)32-42)66(69-39(7)47(11-3)59(73-69)35-57(45)71-67)70-40(8)48(12-4)60(74-70)36-58-46(10-2)38(6)68(65)72-58/h17-18,23-36,73-76H,9-16,19-22H2,1-8H3. The van der Waals surface area contributed by atoms with Gasteiger partial charge in [-0.1, -0.05) is 100 Å². The number of benzene rings is 5. The number of aromatic nitrogens is 4. The molecular formula is C70H68N4O2.